The molecule has 2 amide bonds. The van der Waals surface area contributed by atoms with Crippen LogP contribution in [0, 0.1) is 0 Å². The molecule has 4 N–H and O–H groups in total. The van der Waals surface area contributed by atoms with Crippen LogP contribution in [0.25, 0.3) is 11.1 Å². The second-order valence-corrected chi connectivity index (χ2v) is 7.42. The Morgan fingerprint density at radius 2 is 1.48 bits per heavy atom. The molecule has 1 aliphatic rings. The minimum Gasteiger partial charge on any atom is -0.480 e. The molecule has 11 heteroatoms. The van der Waals surface area contributed by atoms with Crippen molar-refractivity contribution in [2.45, 2.75) is 30.6 Å². The number of nitrogens with one attached hydrogen (secondary N) is 2. The van der Waals surface area contributed by atoms with Gasteiger partial charge in [-0.15, -0.1) is 0 Å². The highest BCUT2D eigenvalue weighted by atomic mass is 19.4. The Morgan fingerprint density at radius 3 is 1.97 bits per heavy atom. The molecule has 0 aromatic heterocycles. The highest BCUT2D eigenvalue weighted by molar-refractivity contribution is 5.89. The molecule has 8 nitrogen and oxygen atoms in total. The van der Waals surface area contributed by atoms with E-state index in [4.69, 9.17) is 14.9 Å². The van der Waals surface area contributed by atoms with Crippen LogP contribution in [0.2, 0.25) is 0 Å². The van der Waals surface area contributed by atoms with Gasteiger partial charge in [-0.1, -0.05) is 48.5 Å². The molecular formula is C22H21F3N2O6. The number of fused-ring (bicyclic) bond motifs is 3. The van der Waals surface area contributed by atoms with Crippen LogP contribution in [0.3, 0.4) is 0 Å². The fraction of sp³-hybridized carbons (Fsp3) is 0.318. The molecular weight excluding hydrogens is 445 g/mol. The number of hydrogen-bond acceptors (Lipinski definition) is 5. The van der Waals surface area contributed by atoms with Crippen molar-refractivity contribution in [2.24, 2.45) is 0 Å². The van der Waals surface area contributed by atoms with E-state index in [1.807, 2.05) is 53.8 Å². The van der Waals surface area contributed by atoms with Gasteiger partial charge < -0.3 is 25.6 Å². The molecule has 0 spiro atoms. The van der Waals surface area contributed by atoms with Crippen LogP contribution >= 0.6 is 0 Å². The summed E-state index contributed by atoms with van der Waals surface area (Å²) in [6, 6.07) is 11.0. The Hall–Kier alpha value is -3.60. The second-order valence-electron chi connectivity index (χ2n) is 7.42. The Bertz CT molecular complexity index is 997. The minimum absolute atomic E-state index is 0.186. The number of alkyl carbamates (subject to hydrolysis) is 1. The van der Waals surface area contributed by atoms with Crippen LogP contribution in [-0.2, 0) is 14.3 Å². The number of amides is 2. The van der Waals surface area contributed by atoms with E-state index in [1.54, 1.807) is 5.32 Å². The number of aliphatic hydroxyl groups is 1. The Balaban J connectivity index is 1.69. The molecule has 0 bridgehead atoms. The molecule has 0 radical (unpaired) electrons. The molecule has 0 saturated carbocycles. The summed E-state index contributed by atoms with van der Waals surface area (Å²) in [6.45, 7) is -1.22. The third-order valence-corrected chi connectivity index (χ3v) is 5.18. The lowest BCUT2D eigenvalue weighted by atomic mass is 9.98. The lowest BCUT2D eigenvalue weighted by molar-refractivity contribution is -0.151. The van der Waals surface area contributed by atoms with Crippen molar-refractivity contribution in [3.63, 3.8) is 0 Å². The van der Waals surface area contributed by atoms with Gasteiger partial charge >= 0.3 is 18.2 Å². The number of rotatable bonds is 8. The van der Waals surface area contributed by atoms with Crippen LogP contribution in [0.5, 0.6) is 0 Å². The van der Waals surface area contributed by atoms with Gasteiger partial charge in [0.15, 0.2) is 0 Å². The number of benzene rings is 2. The SMILES string of the molecule is O=C(NC(CC(F)(F)F)C(=O)NC(CO)C(=O)O)OCC1c2ccccc2-c2ccccc21. The number of aliphatic hydroxyl groups excluding tert-OH is 1. The van der Waals surface area contributed by atoms with Crippen molar-refractivity contribution >= 4 is 18.0 Å². The van der Waals surface area contributed by atoms with Gasteiger partial charge in [-0.05, 0) is 22.3 Å². The third-order valence-electron chi connectivity index (χ3n) is 5.18. The first-order valence-corrected chi connectivity index (χ1v) is 9.93. The van der Waals surface area contributed by atoms with Gasteiger partial charge in [-0.3, -0.25) is 4.79 Å². The molecule has 2 atom stereocenters. The van der Waals surface area contributed by atoms with E-state index in [9.17, 15) is 27.6 Å². The number of aliphatic carboxylic acids is 1. The number of carbonyl (C=O) groups excluding carboxylic acids is 2. The maximum atomic E-state index is 12.9. The molecule has 0 aliphatic heterocycles. The van der Waals surface area contributed by atoms with Crippen molar-refractivity contribution in [2.75, 3.05) is 13.2 Å². The zero-order valence-electron chi connectivity index (χ0n) is 17.1. The first-order chi connectivity index (χ1) is 15.6. The van der Waals surface area contributed by atoms with Gasteiger partial charge in [0, 0.05) is 5.92 Å². The van der Waals surface area contributed by atoms with E-state index in [2.05, 4.69) is 0 Å². The number of halogens is 3. The lowest BCUT2D eigenvalue weighted by Crippen LogP contribution is -2.54. The molecule has 0 heterocycles. The summed E-state index contributed by atoms with van der Waals surface area (Å²) in [7, 11) is 0. The van der Waals surface area contributed by atoms with E-state index in [-0.39, 0.29) is 12.5 Å². The van der Waals surface area contributed by atoms with Crippen LogP contribution in [0.15, 0.2) is 48.5 Å². The first kappa shape index (κ1) is 24.1. The Kier molecular flexibility index (Phi) is 7.22. The zero-order valence-corrected chi connectivity index (χ0v) is 17.1. The lowest BCUT2D eigenvalue weighted by Gasteiger charge is -2.22. The molecule has 1 aliphatic carbocycles. The quantitative estimate of drug-likeness (QED) is 0.474. The molecule has 176 valence electrons. The largest absolute Gasteiger partial charge is 0.480 e. The minimum atomic E-state index is -4.84. The highest BCUT2D eigenvalue weighted by Gasteiger charge is 2.38. The van der Waals surface area contributed by atoms with E-state index < -0.39 is 49.3 Å². The summed E-state index contributed by atoms with van der Waals surface area (Å²) in [6.07, 6.45) is -7.85. The smallest absolute Gasteiger partial charge is 0.407 e. The molecule has 2 unspecified atom stereocenters. The van der Waals surface area contributed by atoms with Crippen LogP contribution < -0.4 is 10.6 Å². The summed E-state index contributed by atoms with van der Waals surface area (Å²) >= 11 is 0. The zero-order chi connectivity index (χ0) is 24.2. The predicted molar refractivity (Wildman–Crippen MR) is 109 cm³/mol. The maximum absolute atomic E-state index is 12.9. The average molecular weight is 466 g/mol. The van der Waals surface area contributed by atoms with Crippen LogP contribution in [-0.4, -0.2) is 59.7 Å². The van der Waals surface area contributed by atoms with Crippen molar-refractivity contribution in [1.82, 2.24) is 10.6 Å². The molecule has 0 fully saturated rings. The summed E-state index contributed by atoms with van der Waals surface area (Å²) < 4.78 is 43.9. The summed E-state index contributed by atoms with van der Waals surface area (Å²) in [5.74, 6) is -3.40. The fourth-order valence-electron chi connectivity index (χ4n) is 3.68. The molecule has 2 aromatic rings. The number of carbonyl (C=O) groups is 3. The average Bonchev–Trinajstić information content (AvgIpc) is 3.08. The predicted octanol–water partition coefficient (Wildman–Crippen LogP) is 2.41. The van der Waals surface area contributed by atoms with Gasteiger partial charge in [0.25, 0.3) is 0 Å². The van der Waals surface area contributed by atoms with Crippen molar-refractivity contribution in [1.29, 1.82) is 0 Å². The molecule has 2 aromatic carbocycles. The summed E-state index contributed by atoms with van der Waals surface area (Å²) in [5.41, 5.74) is 3.70. The van der Waals surface area contributed by atoms with E-state index in [0.29, 0.717) is 0 Å². The normalized spacial score (nSPS) is 14.5. The van der Waals surface area contributed by atoms with Crippen LogP contribution in [0.1, 0.15) is 23.5 Å². The standard InChI is InChI=1S/C22H21F3N2O6/c23-22(24,25)9-17(19(29)26-18(10-28)20(30)31)27-21(32)33-11-16-14-7-3-1-5-12(14)13-6-2-4-8-15(13)16/h1-8,16-18,28H,9-11H2,(H,26,29)(H,27,32)(H,30,31). The van der Waals surface area contributed by atoms with Crippen molar-refractivity contribution in [3.05, 3.63) is 59.7 Å². The summed E-state index contributed by atoms with van der Waals surface area (Å²) in [4.78, 5) is 35.4. The number of carboxylic acids is 1. The second kappa shape index (κ2) is 9.90. The monoisotopic (exact) mass is 466 g/mol. The Morgan fingerprint density at radius 1 is 0.939 bits per heavy atom. The van der Waals surface area contributed by atoms with Crippen molar-refractivity contribution < 1.29 is 42.5 Å². The number of ether oxygens (including phenoxy) is 1. The summed E-state index contributed by atoms with van der Waals surface area (Å²) in [5, 5.41) is 21.5. The van der Waals surface area contributed by atoms with Crippen molar-refractivity contribution in [3.8, 4) is 11.1 Å². The van der Waals surface area contributed by atoms with E-state index >= 15 is 0 Å². The van der Waals surface area contributed by atoms with E-state index in [0.717, 1.165) is 22.3 Å². The van der Waals surface area contributed by atoms with Gasteiger partial charge in [0.1, 0.15) is 18.7 Å². The number of alkyl halides is 3. The Labute approximate surface area is 186 Å². The molecule has 0 saturated heterocycles. The molecule has 3 rings (SSSR count). The van der Waals surface area contributed by atoms with Crippen LogP contribution in [0.4, 0.5) is 18.0 Å². The topological polar surface area (TPSA) is 125 Å². The third kappa shape index (κ3) is 5.80. The van der Waals surface area contributed by atoms with Gasteiger partial charge in [0.2, 0.25) is 5.91 Å². The van der Waals surface area contributed by atoms with Gasteiger partial charge in [-0.25, -0.2) is 9.59 Å². The molecule has 33 heavy (non-hydrogen) atoms. The van der Waals surface area contributed by atoms with E-state index in [1.165, 1.54) is 0 Å². The van der Waals surface area contributed by atoms with Gasteiger partial charge in [-0.2, -0.15) is 13.2 Å². The first-order valence-electron chi connectivity index (χ1n) is 9.93. The van der Waals surface area contributed by atoms with Gasteiger partial charge in [0.05, 0.1) is 13.0 Å². The highest BCUT2D eigenvalue weighted by Crippen LogP contribution is 2.44. The number of carboxylic acid groups (broad SMARTS) is 1. The fourth-order valence-corrected chi connectivity index (χ4v) is 3.68. The number of hydrogen-bond donors (Lipinski definition) is 4. The maximum Gasteiger partial charge on any atom is 0.407 e.